The van der Waals surface area contributed by atoms with Crippen LogP contribution in [0.5, 0.6) is 0 Å². The first-order valence-electron chi connectivity index (χ1n) is 11.2. The maximum absolute atomic E-state index is 13.7. The Morgan fingerprint density at radius 2 is 1.78 bits per heavy atom. The number of nitrogens with zero attached hydrogens (tertiary/aromatic N) is 3. The molecule has 0 aliphatic carbocycles. The molecule has 1 atom stereocenters. The lowest BCUT2D eigenvalue weighted by molar-refractivity contribution is -0.144. The molecule has 0 fully saturated rings. The van der Waals surface area contributed by atoms with E-state index in [9.17, 15) is 9.59 Å². The van der Waals surface area contributed by atoms with Crippen molar-refractivity contribution in [1.82, 2.24) is 13.5 Å². The largest absolute Gasteiger partial charge is 0.466 e. The number of anilines is 1. The second-order valence-corrected chi connectivity index (χ2v) is 8.16. The minimum Gasteiger partial charge on any atom is -0.466 e. The fourth-order valence-corrected chi connectivity index (χ4v) is 4.63. The average molecular weight is 435 g/mol. The van der Waals surface area contributed by atoms with E-state index in [1.165, 1.54) is 0 Å². The number of hydrogen-bond acceptors (Lipinski definition) is 4. The van der Waals surface area contributed by atoms with Crippen LogP contribution in [-0.4, -0.2) is 26.1 Å². The van der Waals surface area contributed by atoms with Crippen LogP contribution in [0.25, 0.3) is 16.6 Å². The first kappa shape index (κ1) is 21.7. The lowest BCUT2D eigenvalue weighted by Gasteiger charge is -2.17. The molecular formula is C25H30N4O3. The number of para-hydroxylation sites is 2. The molecule has 3 aromatic heterocycles. The number of nitrogens with two attached hydrogens (primary N) is 1. The summed E-state index contributed by atoms with van der Waals surface area (Å²) in [6.45, 7) is 6.59. The number of carbonyl (C=O) groups is 1. The predicted molar refractivity (Wildman–Crippen MR) is 127 cm³/mol. The molecule has 32 heavy (non-hydrogen) atoms. The van der Waals surface area contributed by atoms with E-state index in [1.807, 2.05) is 55.5 Å². The Labute approximate surface area is 187 Å². The van der Waals surface area contributed by atoms with Crippen molar-refractivity contribution in [3.05, 3.63) is 70.4 Å². The number of aromatic nitrogens is 3. The van der Waals surface area contributed by atoms with Crippen molar-refractivity contribution >= 4 is 28.2 Å². The number of fused-ring (bicyclic) bond motifs is 2. The maximum atomic E-state index is 13.7. The van der Waals surface area contributed by atoms with Crippen molar-refractivity contribution in [1.29, 1.82) is 0 Å². The molecule has 0 bridgehead atoms. The van der Waals surface area contributed by atoms with Gasteiger partial charge in [-0.2, -0.15) is 0 Å². The lowest BCUT2D eigenvalue weighted by atomic mass is 10.1. The van der Waals surface area contributed by atoms with Crippen LogP contribution in [0.1, 0.15) is 50.5 Å². The molecule has 0 saturated carbocycles. The van der Waals surface area contributed by atoms with Crippen LogP contribution in [0.2, 0.25) is 0 Å². The molecule has 0 amide bonds. The number of nitrogen functional groups attached to an aromatic ring is 1. The molecule has 0 radical (unpaired) electrons. The van der Waals surface area contributed by atoms with Gasteiger partial charge in [-0.05, 0) is 50.6 Å². The van der Waals surface area contributed by atoms with Crippen molar-refractivity contribution < 1.29 is 9.53 Å². The summed E-state index contributed by atoms with van der Waals surface area (Å²) < 4.78 is 10.8. The van der Waals surface area contributed by atoms with Gasteiger partial charge in [0.05, 0.1) is 41.8 Å². The van der Waals surface area contributed by atoms with Crippen molar-refractivity contribution in [3.63, 3.8) is 0 Å². The van der Waals surface area contributed by atoms with Gasteiger partial charge >= 0.3 is 11.7 Å². The summed E-state index contributed by atoms with van der Waals surface area (Å²) in [5.41, 5.74) is 11.4. The van der Waals surface area contributed by atoms with Crippen LogP contribution in [0.3, 0.4) is 0 Å². The number of hydrogen-bond donors (Lipinski definition) is 1. The van der Waals surface area contributed by atoms with Gasteiger partial charge in [0.1, 0.15) is 0 Å². The molecule has 7 heteroatoms. The third-order valence-electron chi connectivity index (χ3n) is 5.97. The zero-order chi connectivity index (χ0) is 22.8. The van der Waals surface area contributed by atoms with Gasteiger partial charge in [0.15, 0.2) is 0 Å². The zero-order valence-electron chi connectivity index (χ0n) is 18.9. The number of rotatable bonds is 8. The number of benzene rings is 1. The maximum Gasteiger partial charge on any atom is 0.329 e. The highest BCUT2D eigenvalue weighted by molar-refractivity contribution is 5.77. The second kappa shape index (κ2) is 8.94. The van der Waals surface area contributed by atoms with Crippen molar-refractivity contribution in [3.8, 4) is 0 Å². The highest BCUT2D eigenvalue weighted by Crippen LogP contribution is 2.26. The van der Waals surface area contributed by atoms with E-state index in [0.717, 1.165) is 34.4 Å². The molecule has 0 aliphatic heterocycles. The Balaban J connectivity index is 1.85. The molecule has 3 heterocycles. The Morgan fingerprint density at radius 1 is 1.06 bits per heavy atom. The molecule has 4 rings (SSSR count). The van der Waals surface area contributed by atoms with E-state index in [-0.39, 0.29) is 24.1 Å². The molecule has 0 spiro atoms. The van der Waals surface area contributed by atoms with Gasteiger partial charge < -0.3 is 14.9 Å². The van der Waals surface area contributed by atoms with Gasteiger partial charge in [-0.3, -0.25) is 13.9 Å². The standard InChI is InChI=1S/C25H30N4O3/c1-4-9-18(15-24(30)32-5-2)29-23-12-7-6-11-22(23)27(25(29)31)16-19-14-20(26)21-13-8-10-17(3)28(19)21/h6-8,10-14,18H,4-5,9,15-16,26H2,1-3H3. The van der Waals surface area contributed by atoms with Crippen LogP contribution in [0, 0.1) is 6.92 Å². The monoisotopic (exact) mass is 434 g/mol. The molecule has 0 saturated heterocycles. The van der Waals surface area contributed by atoms with Gasteiger partial charge in [0.25, 0.3) is 0 Å². The van der Waals surface area contributed by atoms with E-state index in [2.05, 4.69) is 11.3 Å². The van der Waals surface area contributed by atoms with Gasteiger partial charge in [-0.15, -0.1) is 0 Å². The number of esters is 1. The molecule has 4 aromatic rings. The van der Waals surface area contributed by atoms with Gasteiger partial charge in [-0.1, -0.05) is 31.5 Å². The van der Waals surface area contributed by atoms with E-state index in [0.29, 0.717) is 25.3 Å². The Hall–Kier alpha value is -3.48. The summed E-state index contributed by atoms with van der Waals surface area (Å²) >= 11 is 0. The van der Waals surface area contributed by atoms with Crippen LogP contribution in [0.15, 0.2) is 53.3 Å². The lowest BCUT2D eigenvalue weighted by Crippen LogP contribution is -2.29. The SMILES string of the molecule is CCCC(CC(=O)OCC)n1c(=O)n(Cc2cc(N)c3cccc(C)n23)c2ccccc21. The summed E-state index contributed by atoms with van der Waals surface area (Å²) in [7, 11) is 0. The summed E-state index contributed by atoms with van der Waals surface area (Å²) in [4.78, 5) is 26.0. The van der Waals surface area contributed by atoms with Crippen molar-refractivity contribution in [2.45, 2.75) is 52.6 Å². The number of aryl methyl sites for hydroxylation is 1. The normalized spacial score (nSPS) is 12.5. The highest BCUT2D eigenvalue weighted by Gasteiger charge is 2.23. The first-order chi connectivity index (χ1) is 15.5. The third-order valence-corrected chi connectivity index (χ3v) is 5.97. The van der Waals surface area contributed by atoms with Gasteiger partial charge in [0, 0.05) is 17.4 Å². The molecule has 1 aromatic carbocycles. The molecule has 2 N–H and O–H groups in total. The number of imidazole rings is 1. The summed E-state index contributed by atoms with van der Waals surface area (Å²) in [6, 6.07) is 15.4. The molecule has 7 nitrogen and oxygen atoms in total. The molecule has 0 aliphatic rings. The first-order valence-corrected chi connectivity index (χ1v) is 11.2. The van der Waals surface area contributed by atoms with Crippen LogP contribution in [-0.2, 0) is 16.1 Å². The topological polar surface area (TPSA) is 83.7 Å². The van der Waals surface area contributed by atoms with E-state index >= 15 is 0 Å². The second-order valence-electron chi connectivity index (χ2n) is 8.16. The fraction of sp³-hybridized carbons (Fsp3) is 0.360. The quantitative estimate of drug-likeness (QED) is 0.419. The summed E-state index contributed by atoms with van der Waals surface area (Å²) in [6.07, 6.45) is 1.75. The highest BCUT2D eigenvalue weighted by atomic mass is 16.5. The van der Waals surface area contributed by atoms with E-state index in [1.54, 1.807) is 16.1 Å². The number of pyridine rings is 1. The molecule has 1 unspecified atom stereocenters. The summed E-state index contributed by atoms with van der Waals surface area (Å²) in [5.74, 6) is -0.282. The fourth-order valence-electron chi connectivity index (χ4n) is 4.63. The van der Waals surface area contributed by atoms with E-state index in [4.69, 9.17) is 10.5 Å². The Bertz CT molecular complexity index is 1330. The minimum atomic E-state index is -0.282. The van der Waals surface area contributed by atoms with Crippen molar-refractivity contribution in [2.75, 3.05) is 12.3 Å². The number of ether oxygens (including phenoxy) is 1. The minimum absolute atomic E-state index is 0.129. The zero-order valence-corrected chi connectivity index (χ0v) is 18.9. The molecular weight excluding hydrogens is 404 g/mol. The van der Waals surface area contributed by atoms with Crippen LogP contribution >= 0.6 is 0 Å². The van der Waals surface area contributed by atoms with Crippen LogP contribution < -0.4 is 11.4 Å². The van der Waals surface area contributed by atoms with Crippen molar-refractivity contribution in [2.24, 2.45) is 0 Å². The third kappa shape index (κ3) is 3.79. The average Bonchev–Trinajstić information content (AvgIpc) is 3.23. The predicted octanol–water partition coefficient (Wildman–Crippen LogP) is 4.29. The smallest absolute Gasteiger partial charge is 0.329 e. The number of carbonyl (C=O) groups excluding carboxylic acids is 1. The molecule has 168 valence electrons. The van der Waals surface area contributed by atoms with E-state index < -0.39 is 0 Å². The van der Waals surface area contributed by atoms with Crippen LogP contribution in [0.4, 0.5) is 5.69 Å². The van der Waals surface area contributed by atoms with Gasteiger partial charge in [-0.25, -0.2) is 4.79 Å². The summed E-state index contributed by atoms with van der Waals surface area (Å²) in [5, 5.41) is 0. The Kier molecular flexibility index (Phi) is 6.08. The van der Waals surface area contributed by atoms with Gasteiger partial charge in [0.2, 0.25) is 0 Å². The Morgan fingerprint density at radius 3 is 2.50 bits per heavy atom.